The Balaban J connectivity index is 2.16. The summed E-state index contributed by atoms with van der Waals surface area (Å²) in [5.74, 6) is -0.723. The molecule has 0 aromatic carbocycles. The van der Waals surface area contributed by atoms with Crippen molar-refractivity contribution in [2.75, 3.05) is 26.9 Å². The fraction of sp³-hybridized carbons (Fsp3) is 0.500. The number of methoxy groups -OCH3 is 1. The van der Waals surface area contributed by atoms with Crippen LogP contribution in [0.3, 0.4) is 0 Å². The van der Waals surface area contributed by atoms with Crippen LogP contribution in [0.4, 0.5) is 0 Å². The number of aromatic amines is 1. The number of carbonyl (C=O) groups excluding carboxylic acids is 2. The standard InChI is InChI=1S/C10H13N3O4/c1-16-10(15)8-6-17-3-2-13(8)9(14)7-4-11-12-5-7/h4-5,8H,2-3,6H2,1H3,(H,11,12). The Labute approximate surface area is 97.7 Å². The molecule has 7 heteroatoms. The van der Waals surface area contributed by atoms with E-state index in [-0.39, 0.29) is 12.5 Å². The lowest BCUT2D eigenvalue weighted by Gasteiger charge is -2.33. The number of rotatable bonds is 2. The van der Waals surface area contributed by atoms with E-state index in [4.69, 9.17) is 4.74 Å². The lowest BCUT2D eigenvalue weighted by atomic mass is 10.2. The van der Waals surface area contributed by atoms with Crippen molar-refractivity contribution in [1.82, 2.24) is 15.1 Å². The van der Waals surface area contributed by atoms with Gasteiger partial charge in [-0.3, -0.25) is 9.89 Å². The lowest BCUT2D eigenvalue weighted by Crippen LogP contribution is -2.52. The zero-order chi connectivity index (χ0) is 12.3. The Morgan fingerprint density at radius 2 is 2.47 bits per heavy atom. The first-order valence-electron chi connectivity index (χ1n) is 5.19. The number of hydrogen-bond donors (Lipinski definition) is 1. The van der Waals surface area contributed by atoms with Gasteiger partial charge < -0.3 is 14.4 Å². The average Bonchev–Trinajstić information content (AvgIpc) is 2.91. The van der Waals surface area contributed by atoms with Crippen molar-refractivity contribution in [3.05, 3.63) is 18.0 Å². The summed E-state index contributed by atoms with van der Waals surface area (Å²) in [6.45, 7) is 0.942. The maximum Gasteiger partial charge on any atom is 0.331 e. The van der Waals surface area contributed by atoms with Crippen LogP contribution in [0.25, 0.3) is 0 Å². The summed E-state index contributed by atoms with van der Waals surface area (Å²) in [6, 6.07) is -0.684. The molecule has 2 rings (SSSR count). The van der Waals surface area contributed by atoms with Gasteiger partial charge in [0.15, 0.2) is 6.04 Å². The number of nitrogens with one attached hydrogen (secondary N) is 1. The van der Waals surface area contributed by atoms with Crippen LogP contribution in [0.2, 0.25) is 0 Å². The van der Waals surface area contributed by atoms with Crippen molar-refractivity contribution >= 4 is 11.9 Å². The normalized spacial score (nSPS) is 20.1. The molecule has 0 spiro atoms. The molecule has 0 aliphatic carbocycles. The molecule has 1 N–H and O–H groups in total. The van der Waals surface area contributed by atoms with E-state index in [2.05, 4.69) is 14.9 Å². The highest BCUT2D eigenvalue weighted by Gasteiger charge is 2.34. The summed E-state index contributed by atoms with van der Waals surface area (Å²) in [5.41, 5.74) is 0.417. The average molecular weight is 239 g/mol. The Kier molecular flexibility index (Phi) is 3.38. The molecule has 1 atom stereocenters. The minimum atomic E-state index is -0.684. The smallest absolute Gasteiger partial charge is 0.331 e. The highest BCUT2D eigenvalue weighted by atomic mass is 16.5. The molecular formula is C10H13N3O4. The topological polar surface area (TPSA) is 84.5 Å². The van der Waals surface area contributed by atoms with Crippen LogP contribution in [0, 0.1) is 0 Å². The number of aromatic nitrogens is 2. The van der Waals surface area contributed by atoms with Crippen molar-refractivity contribution in [1.29, 1.82) is 0 Å². The van der Waals surface area contributed by atoms with Crippen molar-refractivity contribution in [2.45, 2.75) is 6.04 Å². The highest BCUT2D eigenvalue weighted by Crippen LogP contribution is 2.12. The van der Waals surface area contributed by atoms with E-state index in [1.54, 1.807) is 0 Å². The number of ether oxygens (including phenoxy) is 2. The van der Waals surface area contributed by atoms with Crippen LogP contribution < -0.4 is 0 Å². The second-order valence-corrected chi connectivity index (χ2v) is 3.60. The molecule has 0 radical (unpaired) electrons. The van der Waals surface area contributed by atoms with Gasteiger partial charge in [-0.05, 0) is 0 Å². The molecule has 92 valence electrons. The van der Waals surface area contributed by atoms with Gasteiger partial charge in [0.2, 0.25) is 0 Å². The van der Waals surface area contributed by atoms with Crippen LogP contribution in [0.15, 0.2) is 12.4 Å². The van der Waals surface area contributed by atoms with Gasteiger partial charge in [-0.15, -0.1) is 0 Å². The molecule has 2 heterocycles. The van der Waals surface area contributed by atoms with Crippen LogP contribution in [-0.2, 0) is 14.3 Å². The fourth-order valence-corrected chi connectivity index (χ4v) is 1.71. The van der Waals surface area contributed by atoms with E-state index in [1.165, 1.54) is 24.4 Å². The van der Waals surface area contributed by atoms with Gasteiger partial charge in [0.05, 0.1) is 32.1 Å². The first kappa shape index (κ1) is 11.6. The Morgan fingerprint density at radius 1 is 1.65 bits per heavy atom. The van der Waals surface area contributed by atoms with E-state index in [1.807, 2.05) is 0 Å². The van der Waals surface area contributed by atoms with Gasteiger partial charge in [-0.1, -0.05) is 0 Å². The third-order valence-corrected chi connectivity index (χ3v) is 2.61. The summed E-state index contributed by atoms with van der Waals surface area (Å²) >= 11 is 0. The molecule has 1 fully saturated rings. The lowest BCUT2D eigenvalue weighted by molar-refractivity contribution is -0.151. The van der Waals surface area contributed by atoms with E-state index in [0.717, 1.165) is 0 Å². The third kappa shape index (κ3) is 2.28. The van der Waals surface area contributed by atoms with E-state index in [0.29, 0.717) is 18.7 Å². The van der Waals surface area contributed by atoms with Gasteiger partial charge in [-0.2, -0.15) is 5.10 Å². The molecule has 0 bridgehead atoms. The number of hydrogen-bond acceptors (Lipinski definition) is 5. The number of esters is 1. The van der Waals surface area contributed by atoms with Gasteiger partial charge >= 0.3 is 5.97 Å². The van der Waals surface area contributed by atoms with Gasteiger partial charge in [-0.25, -0.2) is 4.79 Å². The molecule has 1 saturated heterocycles. The van der Waals surface area contributed by atoms with Crippen molar-refractivity contribution in [3.8, 4) is 0 Å². The molecular weight excluding hydrogens is 226 g/mol. The Morgan fingerprint density at radius 3 is 3.12 bits per heavy atom. The number of morpholine rings is 1. The second kappa shape index (κ2) is 4.96. The SMILES string of the molecule is COC(=O)C1COCCN1C(=O)c1cn[nH]c1. The number of H-pyrrole nitrogens is 1. The fourth-order valence-electron chi connectivity index (χ4n) is 1.71. The minimum absolute atomic E-state index is 0.163. The predicted molar refractivity (Wildman–Crippen MR) is 56.2 cm³/mol. The summed E-state index contributed by atoms with van der Waals surface area (Å²) < 4.78 is 9.84. The third-order valence-electron chi connectivity index (χ3n) is 2.61. The van der Waals surface area contributed by atoms with E-state index >= 15 is 0 Å². The van der Waals surface area contributed by atoms with Crippen LogP contribution in [0.5, 0.6) is 0 Å². The molecule has 0 saturated carbocycles. The summed E-state index contributed by atoms with van der Waals surface area (Å²) in [7, 11) is 1.29. The van der Waals surface area contributed by atoms with Crippen molar-refractivity contribution < 1.29 is 19.1 Å². The number of nitrogens with zero attached hydrogens (tertiary/aromatic N) is 2. The molecule has 7 nitrogen and oxygen atoms in total. The minimum Gasteiger partial charge on any atom is -0.467 e. The predicted octanol–water partition coefficient (Wildman–Crippen LogP) is -0.576. The van der Waals surface area contributed by atoms with Gasteiger partial charge in [0, 0.05) is 12.7 Å². The van der Waals surface area contributed by atoms with E-state index in [9.17, 15) is 9.59 Å². The van der Waals surface area contributed by atoms with Gasteiger partial charge in [0.1, 0.15) is 0 Å². The molecule has 1 aromatic rings. The molecule has 1 amide bonds. The Bertz CT molecular complexity index is 404. The molecule has 1 aliphatic heterocycles. The monoisotopic (exact) mass is 239 g/mol. The van der Waals surface area contributed by atoms with Gasteiger partial charge in [0.25, 0.3) is 5.91 Å². The number of amides is 1. The maximum atomic E-state index is 12.1. The van der Waals surface area contributed by atoms with E-state index < -0.39 is 12.0 Å². The highest BCUT2D eigenvalue weighted by molar-refractivity contribution is 5.96. The first-order chi connectivity index (χ1) is 8.24. The first-order valence-corrected chi connectivity index (χ1v) is 5.19. The quantitative estimate of drug-likeness (QED) is 0.698. The molecule has 1 aliphatic rings. The Hall–Kier alpha value is -1.89. The summed E-state index contributed by atoms with van der Waals surface area (Å²) in [6.07, 6.45) is 2.91. The van der Waals surface area contributed by atoms with Crippen molar-refractivity contribution in [2.24, 2.45) is 0 Å². The summed E-state index contributed by atoms with van der Waals surface area (Å²) in [5, 5.41) is 6.27. The van der Waals surface area contributed by atoms with Crippen LogP contribution in [-0.4, -0.2) is 59.9 Å². The zero-order valence-corrected chi connectivity index (χ0v) is 9.38. The van der Waals surface area contributed by atoms with Crippen LogP contribution >= 0.6 is 0 Å². The molecule has 1 unspecified atom stereocenters. The molecule has 1 aromatic heterocycles. The van der Waals surface area contributed by atoms with Crippen LogP contribution in [0.1, 0.15) is 10.4 Å². The summed E-state index contributed by atoms with van der Waals surface area (Å²) in [4.78, 5) is 25.1. The number of carbonyl (C=O) groups is 2. The van der Waals surface area contributed by atoms with Crippen molar-refractivity contribution in [3.63, 3.8) is 0 Å². The second-order valence-electron chi connectivity index (χ2n) is 3.60. The largest absolute Gasteiger partial charge is 0.467 e. The molecule has 17 heavy (non-hydrogen) atoms. The maximum absolute atomic E-state index is 12.1. The zero-order valence-electron chi connectivity index (χ0n) is 9.38.